The summed E-state index contributed by atoms with van der Waals surface area (Å²) in [5, 5.41) is 0. The van der Waals surface area contributed by atoms with Crippen LogP contribution in [-0.2, 0) is 0 Å². The van der Waals surface area contributed by atoms with Gasteiger partial charge in [0, 0.05) is 0 Å². The molecule has 0 aromatic rings. The zero-order valence-electron chi connectivity index (χ0n) is 9.15. The highest BCUT2D eigenvalue weighted by Crippen LogP contribution is 2.24. The summed E-state index contributed by atoms with van der Waals surface area (Å²) in [6.07, 6.45) is 7.70. The van der Waals surface area contributed by atoms with E-state index in [1.165, 1.54) is 38.5 Å². The van der Waals surface area contributed by atoms with Crippen molar-refractivity contribution in [1.82, 2.24) is 0 Å². The third-order valence-electron chi connectivity index (χ3n) is 2.28. The van der Waals surface area contributed by atoms with Crippen LogP contribution in [0.3, 0.4) is 0 Å². The Bertz CT molecular complexity index is 170. The fourth-order valence-corrected chi connectivity index (χ4v) is 2.73. The van der Waals surface area contributed by atoms with Crippen molar-refractivity contribution in [2.75, 3.05) is 0 Å². The van der Waals surface area contributed by atoms with Crippen molar-refractivity contribution in [2.45, 2.75) is 52.4 Å². The lowest BCUT2D eigenvalue weighted by atomic mass is 9.99. The summed E-state index contributed by atoms with van der Waals surface area (Å²) in [4.78, 5) is 0. The molecule has 0 aromatic carbocycles. The lowest BCUT2D eigenvalue weighted by molar-refractivity contribution is 0.755. The maximum Gasteiger partial charge on any atom is -0.0199 e. The van der Waals surface area contributed by atoms with Gasteiger partial charge in [-0.1, -0.05) is 71.9 Å². The van der Waals surface area contributed by atoms with Crippen LogP contribution in [0.5, 0.6) is 0 Å². The molecule has 0 radical (unpaired) electrons. The van der Waals surface area contributed by atoms with Gasteiger partial charge >= 0.3 is 0 Å². The Hall–Kier alpha value is 0.940. The first kappa shape index (κ1) is 14.9. The molecule has 82 valence electrons. The number of rotatable bonds is 7. The molecule has 0 nitrogen and oxygen atoms in total. The lowest BCUT2D eigenvalue weighted by Gasteiger charge is -2.09. The van der Waals surface area contributed by atoms with Gasteiger partial charge in [-0.05, 0) is 45.0 Å². The zero-order chi connectivity index (χ0) is 10.8. The van der Waals surface area contributed by atoms with Gasteiger partial charge in [0.1, 0.15) is 0 Å². The van der Waals surface area contributed by atoms with Crippen LogP contribution < -0.4 is 0 Å². The Morgan fingerprint density at radius 1 is 0.857 bits per heavy atom. The fourth-order valence-electron chi connectivity index (χ4n) is 1.30. The molecule has 0 saturated heterocycles. The van der Waals surface area contributed by atoms with E-state index in [2.05, 4.69) is 67.2 Å². The van der Waals surface area contributed by atoms with Crippen molar-refractivity contribution in [2.24, 2.45) is 0 Å². The highest BCUT2D eigenvalue weighted by Gasteiger charge is 2.03. The fraction of sp³-hybridized carbons (Fsp3) is 0.667. The Morgan fingerprint density at radius 2 is 1.21 bits per heavy atom. The number of halogens is 2. The van der Waals surface area contributed by atoms with Gasteiger partial charge in [0.25, 0.3) is 0 Å². The first-order valence-electron chi connectivity index (χ1n) is 5.39. The van der Waals surface area contributed by atoms with E-state index in [0.29, 0.717) is 0 Å². The van der Waals surface area contributed by atoms with Crippen molar-refractivity contribution in [1.29, 1.82) is 0 Å². The molecule has 0 atom stereocenters. The van der Waals surface area contributed by atoms with E-state index < -0.39 is 0 Å². The van der Waals surface area contributed by atoms with Crippen LogP contribution in [0.25, 0.3) is 0 Å². The second-order valence-electron chi connectivity index (χ2n) is 3.48. The normalized spacial score (nSPS) is 13.4. The third kappa shape index (κ3) is 6.43. The summed E-state index contributed by atoms with van der Waals surface area (Å²) in [5.41, 5.74) is 3.10. The quantitative estimate of drug-likeness (QED) is 0.351. The molecule has 0 aromatic heterocycles. The number of allylic oxidation sites excluding steroid dienone is 2. The lowest BCUT2D eigenvalue weighted by Crippen LogP contribution is -1.89. The molecule has 0 bridgehead atoms. The second-order valence-corrected chi connectivity index (χ2v) is 4.72. The molecule has 14 heavy (non-hydrogen) atoms. The Morgan fingerprint density at radius 3 is 1.43 bits per heavy atom. The van der Waals surface area contributed by atoms with Gasteiger partial charge in [-0.3, -0.25) is 0 Å². The van der Waals surface area contributed by atoms with Gasteiger partial charge in [0.15, 0.2) is 0 Å². The minimum atomic E-state index is 1.25. The van der Waals surface area contributed by atoms with E-state index in [9.17, 15) is 0 Å². The molecule has 0 heterocycles. The summed E-state index contributed by atoms with van der Waals surface area (Å²) < 4.78 is 4.52. The van der Waals surface area contributed by atoms with Crippen LogP contribution >= 0.6 is 45.2 Å². The van der Waals surface area contributed by atoms with Crippen molar-refractivity contribution in [3.63, 3.8) is 0 Å². The van der Waals surface area contributed by atoms with E-state index in [0.717, 1.165) is 0 Å². The molecule has 0 aliphatic heterocycles. The van der Waals surface area contributed by atoms with Crippen LogP contribution in [-0.4, -0.2) is 0 Å². The molecule has 2 heteroatoms. The average Bonchev–Trinajstić information content (AvgIpc) is 2.23. The van der Waals surface area contributed by atoms with Gasteiger partial charge in [-0.2, -0.15) is 0 Å². The molecule has 0 aliphatic rings. The molecular weight excluding hydrogens is 398 g/mol. The molecule has 0 saturated carbocycles. The minimum absolute atomic E-state index is 1.25. The van der Waals surface area contributed by atoms with Crippen molar-refractivity contribution in [3.8, 4) is 0 Å². The summed E-state index contributed by atoms with van der Waals surface area (Å²) in [5.74, 6) is 0. The smallest absolute Gasteiger partial charge is 0.0199 e. The van der Waals surface area contributed by atoms with Gasteiger partial charge in [-0.25, -0.2) is 0 Å². The molecular formula is C12H20I2. The number of hydrogen-bond acceptors (Lipinski definition) is 0. The Labute approximate surface area is 116 Å². The third-order valence-corrected chi connectivity index (χ3v) is 3.78. The molecule has 0 N–H and O–H groups in total. The van der Waals surface area contributed by atoms with Crippen molar-refractivity contribution in [3.05, 3.63) is 19.3 Å². The van der Waals surface area contributed by atoms with E-state index in [1.54, 1.807) is 11.1 Å². The average molecular weight is 418 g/mol. The van der Waals surface area contributed by atoms with Crippen LogP contribution in [0, 0.1) is 0 Å². The van der Waals surface area contributed by atoms with Crippen LogP contribution in [0.15, 0.2) is 19.3 Å². The Kier molecular flexibility index (Phi) is 11.2. The van der Waals surface area contributed by atoms with Gasteiger partial charge < -0.3 is 0 Å². The van der Waals surface area contributed by atoms with Crippen molar-refractivity contribution >= 4 is 45.2 Å². The summed E-state index contributed by atoms with van der Waals surface area (Å²) in [6, 6.07) is 0. The SMILES string of the molecule is CCCCC(=C/I)/C(=C/I)CCCC. The largest absolute Gasteiger partial charge is 0.0654 e. The molecule has 0 aliphatic carbocycles. The first-order valence-corrected chi connectivity index (χ1v) is 7.88. The predicted octanol–water partition coefficient (Wildman–Crippen LogP) is 6.00. The zero-order valence-corrected chi connectivity index (χ0v) is 13.5. The standard InChI is InChI=1S/C12H20I2/c1-3-5-7-11(9-13)12(10-14)8-6-4-2/h9-10H,3-8H2,1-2H3/b11-9-,12-10+. The maximum atomic E-state index is 2.37. The maximum absolute atomic E-state index is 2.37. The molecule has 0 amide bonds. The molecule has 0 spiro atoms. The minimum Gasteiger partial charge on any atom is -0.0654 e. The number of unbranched alkanes of at least 4 members (excludes halogenated alkanes) is 2. The summed E-state index contributed by atoms with van der Waals surface area (Å²) in [7, 11) is 0. The molecule has 0 unspecified atom stereocenters. The monoisotopic (exact) mass is 418 g/mol. The van der Waals surface area contributed by atoms with Gasteiger partial charge in [-0.15, -0.1) is 0 Å². The topological polar surface area (TPSA) is 0 Å². The first-order chi connectivity index (χ1) is 6.79. The molecule has 0 fully saturated rings. The Balaban J connectivity index is 4.18. The van der Waals surface area contributed by atoms with E-state index in [4.69, 9.17) is 0 Å². The van der Waals surface area contributed by atoms with Crippen LogP contribution in [0.1, 0.15) is 52.4 Å². The van der Waals surface area contributed by atoms with E-state index in [1.807, 2.05) is 0 Å². The second kappa shape index (κ2) is 10.5. The summed E-state index contributed by atoms with van der Waals surface area (Å²) >= 11 is 4.75. The number of hydrogen-bond donors (Lipinski definition) is 0. The summed E-state index contributed by atoms with van der Waals surface area (Å²) in [6.45, 7) is 4.51. The van der Waals surface area contributed by atoms with Gasteiger partial charge in [0.2, 0.25) is 0 Å². The van der Waals surface area contributed by atoms with E-state index >= 15 is 0 Å². The molecule has 0 rings (SSSR count). The van der Waals surface area contributed by atoms with Gasteiger partial charge in [0.05, 0.1) is 0 Å². The van der Waals surface area contributed by atoms with Crippen molar-refractivity contribution < 1.29 is 0 Å². The van der Waals surface area contributed by atoms with Crippen LogP contribution in [0.2, 0.25) is 0 Å². The highest BCUT2D eigenvalue weighted by atomic mass is 127. The highest BCUT2D eigenvalue weighted by molar-refractivity contribution is 14.1. The predicted molar refractivity (Wildman–Crippen MR) is 83.3 cm³/mol. The van der Waals surface area contributed by atoms with E-state index in [-0.39, 0.29) is 0 Å². The van der Waals surface area contributed by atoms with Crippen LogP contribution in [0.4, 0.5) is 0 Å².